The number of pyridine rings is 1. The van der Waals surface area contributed by atoms with Crippen LogP contribution in [0.25, 0.3) is 0 Å². The van der Waals surface area contributed by atoms with Gasteiger partial charge in [0.2, 0.25) is 0 Å². The maximum atomic E-state index is 3.78. The molecule has 0 aromatic carbocycles. The van der Waals surface area contributed by atoms with Crippen LogP contribution in [0, 0.1) is 0 Å². The highest BCUT2D eigenvalue weighted by molar-refractivity contribution is 4.88. The van der Waals surface area contributed by atoms with E-state index in [1.54, 1.807) is 12.4 Å². The maximum absolute atomic E-state index is 3.78. The molecule has 0 fully saturated rings. The molecule has 1 rings (SSSR count). The van der Waals surface area contributed by atoms with Crippen molar-refractivity contribution in [3.8, 4) is 0 Å². The third kappa shape index (κ3) is 10.1. The van der Waals surface area contributed by atoms with E-state index >= 15 is 0 Å². The van der Waals surface area contributed by atoms with Crippen molar-refractivity contribution in [3.63, 3.8) is 0 Å². The zero-order valence-corrected chi connectivity index (χ0v) is 6.28. The van der Waals surface area contributed by atoms with Crippen molar-refractivity contribution in [2.45, 2.75) is 0 Å². The first kappa shape index (κ1) is 11.8. The minimum Gasteiger partial charge on any atom is -0.323 e. The monoisotopic (exact) mass is 138 g/mol. The zero-order valence-electron chi connectivity index (χ0n) is 6.28. The van der Waals surface area contributed by atoms with Gasteiger partial charge in [0.1, 0.15) is 0 Å². The summed E-state index contributed by atoms with van der Waals surface area (Å²) in [6.07, 6.45) is 3.50. The van der Waals surface area contributed by atoms with Gasteiger partial charge in [-0.2, -0.15) is 0 Å². The molecule has 1 heterocycles. The van der Waals surface area contributed by atoms with Crippen LogP contribution in [0.2, 0.25) is 0 Å². The summed E-state index contributed by atoms with van der Waals surface area (Å²) in [5.74, 6) is 0. The molecule has 0 spiro atoms. The molecule has 0 aliphatic rings. The summed E-state index contributed by atoms with van der Waals surface area (Å²) >= 11 is 0. The Bertz CT molecular complexity index is 91.7. The Morgan fingerprint density at radius 3 is 1.50 bits per heavy atom. The molecule has 0 atom stereocenters. The van der Waals surface area contributed by atoms with Crippen LogP contribution in [0.15, 0.2) is 30.6 Å². The van der Waals surface area contributed by atoms with Gasteiger partial charge in [-0.1, -0.05) is 6.07 Å². The van der Waals surface area contributed by atoms with E-state index in [9.17, 15) is 0 Å². The Morgan fingerprint density at radius 1 is 1.00 bits per heavy atom. The summed E-state index contributed by atoms with van der Waals surface area (Å²) in [4.78, 5) is 3.78. The van der Waals surface area contributed by atoms with Crippen LogP contribution in [-0.2, 0) is 0 Å². The molecule has 1 N–H and O–H groups in total. The summed E-state index contributed by atoms with van der Waals surface area (Å²) in [5.41, 5.74) is 0. The lowest BCUT2D eigenvalue weighted by atomic mass is 10.5. The molecule has 1 aromatic rings. The molecule has 10 heavy (non-hydrogen) atoms. The van der Waals surface area contributed by atoms with Gasteiger partial charge in [-0.25, -0.2) is 0 Å². The van der Waals surface area contributed by atoms with Gasteiger partial charge in [-0.05, 0) is 26.2 Å². The van der Waals surface area contributed by atoms with E-state index in [-0.39, 0.29) is 6.15 Å². The Kier molecular flexibility index (Phi) is 12.9. The lowest BCUT2D eigenvalue weighted by Gasteiger charge is -1.70. The van der Waals surface area contributed by atoms with E-state index in [4.69, 9.17) is 0 Å². The molecule has 0 bridgehead atoms. The van der Waals surface area contributed by atoms with Crippen molar-refractivity contribution in [2.75, 3.05) is 14.1 Å². The fourth-order valence-electron chi connectivity index (χ4n) is 0.313. The molecule has 0 amide bonds. The van der Waals surface area contributed by atoms with Crippen LogP contribution in [-0.4, -0.2) is 19.1 Å². The normalized spacial score (nSPS) is 6.60. The number of rotatable bonds is 0. The van der Waals surface area contributed by atoms with E-state index < -0.39 is 0 Å². The van der Waals surface area contributed by atoms with Gasteiger partial charge in [-0.15, -0.1) is 0 Å². The Morgan fingerprint density at radius 2 is 1.40 bits per heavy atom. The van der Waals surface area contributed by atoms with Crippen LogP contribution >= 0.6 is 0 Å². The smallest absolute Gasteiger partial charge is 0.0267 e. The molecule has 1 aromatic heterocycles. The first-order valence-electron chi connectivity index (χ1n) is 2.85. The van der Waals surface area contributed by atoms with Crippen molar-refractivity contribution in [1.82, 2.24) is 16.5 Å². The van der Waals surface area contributed by atoms with E-state index in [0.717, 1.165) is 0 Å². The third-order valence-corrected chi connectivity index (χ3v) is 0.566. The number of nitrogens with one attached hydrogen (secondary N) is 1. The molecule has 3 heteroatoms. The second-order valence-corrected chi connectivity index (χ2v) is 1.52. The van der Waals surface area contributed by atoms with Crippen molar-refractivity contribution in [1.29, 1.82) is 0 Å². The van der Waals surface area contributed by atoms with Gasteiger partial charge in [0.05, 0.1) is 0 Å². The molecule has 0 aliphatic heterocycles. The van der Waals surface area contributed by atoms with Gasteiger partial charge in [0, 0.05) is 18.5 Å². The fraction of sp³-hybridized carbons (Fsp3) is 0.286. The summed E-state index contributed by atoms with van der Waals surface area (Å²) < 4.78 is 0. The number of hydrogen-bond donors (Lipinski definition) is 1. The number of aromatic nitrogens is 1. The van der Waals surface area contributed by atoms with Crippen LogP contribution in [0.3, 0.4) is 0 Å². The molecular weight excluding hydrogens is 126 g/mol. The Balaban J connectivity index is 0. The number of hydrogen-bond acceptors (Lipinski definition) is 2. The molecular formula is C7H12N3. The van der Waals surface area contributed by atoms with Crippen molar-refractivity contribution >= 4 is 0 Å². The molecule has 55 valence electrons. The topological polar surface area (TPSA) is 55.4 Å². The summed E-state index contributed by atoms with van der Waals surface area (Å²) in [7, 11) is 3.75. The molecule has 0 aliphatic carbocycles. The summed E-state index contributed by atoms with van der Waals surface area (Å²) in [6, 6.07) is 5.72. The molecule has 0 saturated carbocycles. The Labute approximate surface area is 62.1 Å². The second kappa shape index (κ2) is 10.9. The van der Waals surface area contributed by atoms with Gasteiger partial charge < -0.3 is 5.32 Å². The quantitative estimate of drug-likeness (QED) is 0.565. The molecule has 0 saturated heterocycles. The predicted molar refractivity (Wildman–Crippen MR) is 41.4 cm³/mol. The highest BCUT2D eigenvalue weighted by Gasteiger charge is 1.58. The summed E-state index contributed by atoms with van der Waals surface area (Å²) in [5, 5.41) is 2.75. The predicted octanol–water partition coefficient (Wildman–Crippen LogP) is 0.437. The van der Waals surface area contributed by atoms with E-state index in [0.29, 0.717) is 0 Å². The summed E-state index contributed by atoms with van der Waals surface area (Å²) in [6.45, 7) is 0. The molecule has 0 unspecified atom stereocenters. The van der Waals surface area contributed by atoms with Crippen LogP contribution in [0.1, 0.15) is 0 Å². The Hall–Kier alpha value is -0.930. The van der Waals surface area contributed by atoms with Gasteiger partial charge in [0.15, 0.2) is 0 Å². The lowest BCUT2D eigenvalue weighted by molar-refractivity contribution is 1.02. The first-order valence-corrected chi connectivity index (χ1v) is 2.85. The fourth-order valence-corrected chi connectivity index (χ4v) is 0.313. The van der Waals surface area contributed by atoms with E-state index in [2.05, 4.69) is 10.3 Å². The zero-order chi connectivity index (χ0) is 6.95. The lowest BCUT2D eigenvalue weighted by Crippen LogP contribution is -1.89. The average Bonchev–Trinajstić information content (AvgIpc) is 1.93. The first-order chi connectivity index (χ1) is 4.41. The highest BCUT2D eigenvalue weighted by Crippen LogP contribution is 1.73. The van der Waals surface area contributed by atoms with Crippen LogP contribution in [0.5, 0.6) is 0 Å². The van der Waals surface area contributed by atoms with E-state index in [1.165, 1.54) is 0 Å². The number of nitrogens with zero attached hydrogens (tertiary/aromatic N) is 2. The molecule has 3 radical (unpaired) electrons. The van der Waals surface area contributed by atoms with Crippen molar-refractivity contribution in [3.05, 3.63) is 30.6 Å². The van der Waals surface area contributed by atoms with Gasteiger partial charge >= 0.3 is 0 Å². The van der Waals surface area contributed by atoms with Crippen molar-refractivity contribution in [2.24, 2.45) is 0 Å². The maximum Gasteiger partial charge on any atom is 0.0267 e. The van der Waals surface area contributed by atoms with Gasteiger partial charge in [-0.3, -0.25) is 4.98 Å². The standard InChI is InChI=1S/C5H5N.C2H7N.N/c1-2-4-6-5-3-1;1-3-2;/h1-5H;3H,1-2H3;. The van der Waals surface area contributed by atoms with Crippen molar-refractivity contribution < 1.29 is 0 Å². The van der Waals surface area contributed by atoms with Crippen LogP contribution < -0.4 is 11.5 Å². The van der Waals surface area contributed by atoms with Crippen LogP contribution in [0.4, 0.5) is 0 Å². The molecule has 3 nitrogen and oxygen atoms in total. The highest BCUT2D eigenvalue weighted by atomic mass is 14.7. The minimum absolute atomic E-state index is 0. The minimum atomic E-state index is 0. The largest absolute Gasteiger partial charge is 0.323 e. The average molecular weight is 138 g/mol. The second-order valence-electron chi connectivity index (χ2n) is 1.52. The van der Waals surface area contributed by atoms with Gasteiger partial charge in [0.25, 0.3) is 0 Å². The van der Waals surface area contributed by atoms with E-state index in [1.807, 2.05) is 32.3 Å². The third-order valence-electron chi connectivity index (χ3n) is 0.566. The SMILES string of the molecule is CNC.[N].c1ccncc1.